The Kier molecular flexibility index (Phi) is 37.9. The van der Waals surface area contributed by atoms with Gasteiger partial charge < -0.3 is 20.7 Å². The molecule has 0 fully saturated rings. The zero-order valence-corrected chi connectivity index (χ0v) is 9.63. The first kappa shape index (κ1) is 24.1. The van der Waals surface area contributed by atoms with E-state index in [4.69, 9.17) is 11.8 Å². The van der Waals surface area contributed by atoms with Gasteiger partial charge in [-0.25, -0.2) is 0 Å². The molecule has 0 atom stereocenters. The monoisotopic (exact) mass is 239 g/mol. The minimum atomic E-state index is 0. The number of furan rings is 2. The van der Waals surface area contributed by atoms with Crippen LogP contribution in [0.1, 0.15) is 0 Å². The van der Waals surface area contributed by atoms with Crippen LogP contribution < -0.4 is 18.9 Å². The number of rotatable bonds is 0. The normalized spacial score (nSPS) is 5.47. The molecule has 2 rings (SSSR count). The molecule has 0 unspecified atom stereocenters. The predicted molar refractivity (Wildman–Crippen MR) is 48.1 cm³/mol. The summed E-state index contributed by atoms with van der Waals surface area (Å²) in [7, 11) is 0. The van der Waals surface area contributed by atoms with E-state index in [0.29, 0.717) is 0 Å². The SMILES string of the molecule is [C-]#N.[Cu].[Li+].[Li].c1ccoc1.c1ccoc1. The molecule has 0 bridgehead atoms. The molecular weight excluding hydrogens is 232 g/mol. The van der Waals surface area contributed by atoms with Crippen LogP contribution >= 0.6 is 0 Å². The standard InChI is InChI=1S/2C4H4O.CN.Cu.2Li/c2*1-2-4-5-3-1;1-2;;;/h2*1-4H;;;;/q;;-1;;;+1. The molecule has 0 saturated heterocycles. The molecule has 0 aliphatic rings. The van der Waals surface area contributed by atoms with E-state index in [1.807, 2.05) is 24.3 Å². The third kappa shape index (κ3) is 20.0. The summed E-state index contributed by atoms with van der Waals surface area (Å²) in [6, 6.07) is 7.33. The Labute approximate surface area is 124 Å². The van der Waals surface area contributed by atoms with Crippen molar-refractivity contribution in [2.24, 2.45) is 0 Å². The van der Waals surface area contributed by atoms with Gasteiger partial charge in [-0.15, -0.1) is 0 Å². The predicted octanol–water partition coefficient (Wildman–Crippen LogP) is -0.724. The summed E-state index contributed by atoms with van der Waals surface area (Å²) in [5.41, 5.74) is 0. The molecule has 0 aromatic carbocycles. The number of hydrogen-bond donors (Lipinski definition) is 0. The Morgan fingerprint density at radius 2 is 0.933 bits per heavy atom. The maximum Gasteiger partial charge on any atom is 1.00 e. The van der Waals surface area contributed by atoms with Crippen LogP contribution in [0, 0.1) is 11.8 Å². The van der Waals surface area contributed by atoms with E-state index < -0.39 is 0 Å². The van der Waals surface area contributed by atoms with Crippen LogP contribution in [0.15, 0.2) is 58.2 Å². The summed E-state index contributed by atoms with van der Waals surface area (Å²) >= 11 is 0. The third-order valence-electron chi connectivity index (χ3n) is 0.851. The van der Waals surface area contributed by atoms with E-state index in [-0.39, 0.29) is 54.8 Å². The van der Waals surface area contributed by atoms with E-state index in [1.54, 1.807) is 25.1 Å². The molecule has 3 nitrogen and oxygen atoms in total. The molecule has 74 valence electrons. The van der Waals surface area contributed by atoms with Gasteiger partial charge in [-0.1, -0.05) is 0 Å². The third-order valence-corrected chi connectivity index (χ3v) is 0.851. The molecule has 15 heavy (non-hydrogen) atoms. The molecule has 0 aliphatic carbocycles. The van der Waals surface area contributed by atoms with Crippen molar-refractivity contribution in [3.63, 3.8) is 0 Å². The van der Waals surface area contributed by atoms with Crippen LogP contribution in [0.5, 0.6) is 0 Å². The zero-order valence-electron chi connectivity index (χ0n) is 8.68. The second-order valence-corrected chi connectivity index (χ2v) is 1.59. The van der Waals surface area contributed by atoms with Crippen molar-refractivity contribution < 1.29 is 44.8 Å². The van der Waals surface area contributed by atoms with Crippen molar-refractivity contribution in [2.75, 3.05) is 0 Å². The number of hydrogen-bond acceptors (Lipinski definition) is 3. The Balaban J connectivity index is -0.0000000592. The fraction of sp³-hybridized carbons (Fsp3) is 0. The van der Waals surface area contributed by atoms with E-state index in [0.717, 1.165) is 0 Å². The quantitative estimate of drug-likeness (QED) is 0.450. The largest absolute Gasteiger partial charge is 1.00 e. The topological polar surface area (TPSA) is 50.1 Å². The van der Waals surface area contributed by atoms with E-state index >= 15 is 0 Å². The van der Waals surface area contributed by atoms with Gasteiger partial charge in [-0.3, -0.25) is 0 Å². The molecule has 2 aromatic rings. The molecule has 0 amide bonds. The van der Waals surface area contributed by atoms with Gasteiger partial charge in [0.1, 0.15) is 0 Å². The summed E-state index contributed by atoms with van der Waals surface area (Å²) in [4.78, 5) is 0. The Morgan fingerprint density at radius 3 is 1.00 bits per heavy atom. The minimum absolute atomic E-state index is 0. The first-order valence-electron chi connectivity index (χ1n) is 3.17. The van der Waals surface area contributed by atoms with Crippen molar-refractivity contribution >= 4 is 18.9 Å². The van der Waals surface area contributed by atoms with Crippen LogP contribution in [-0.4, -0.2) is 18.9 Å². The van der Waals surface area contributed by atoms with Crippen LogP contribution in [0.25, 0.3) is 0 Å². The Hall–Kier alpha value is -0.236. The molecule has 0 spiro atoms. The van der Waals surface area contributed by atoms with Crippen molar-refractivity contribution in [3.8, 4) is 0 Å². The van der Waals surface area contributed by atoms with Crippen molar-refractivity contribution in [1.29, 1.82) is 5.26 Å². The van der Waals surface area contributed by atoms with Crippen LogP contribution in [0.4, 0.5) is 0 Å². The second-order valence-electron chi connectivity index (χ2n) is 1.59. The van der Waals surface area contributed by atoms with E-state index in [1.165, 1.54) is 0 Å². The van der Waals surface area contributed by atoms with Gasteiger partial charge in [0.2, 0.25) is 0 Å². The maximum absolute atomic E-state index is 6.25. The van der Waals surface area contributed by atoms with Gasteiger partial charge in [0.15, 0.2) is 0 Å². The van der Waals surface area contributed by atoms with E-state index in [2.05, 4.69) is 8.83 Å². The average molecular weight is 240 g/mol. The molecule has 2 radical (unpaired) electrons. The van der Waals surface area contributed by atoms with Crippen molar-refractivity contribution in [1.82, 2.24) is 0 Å². The minimum Gasteiger partial charge on any atom is -0.512 e. The van der Waals surface area contributed by atoms with Gasteiger partial charge >= 0.3 is 18.9 Å². The van der Waals surface area contributed by atoms with Gasteiger partial charge in [-0.05, 0) is 24.3 Å². The van der Waals surface area contributed by atoms with Crippen molar-refractivity contribution in [3.05, 3.63) is 55.9 Å². The van der Waals surface area contributed by atoms with Gasteiger partial charge in [0.05, 0.1) is 25.1 Å². The van der Waals surface area contributed by atoms with Gasteiger partial charge in [-0.2, -0.15) is 0 Å². The van der Waals surface area contributed by atoms with Crippen LogP contribution in [0.2, 0.25) is 0 Å². The average Bonchev–Trinajstić information content (AvgIpc) is 2.87. The molecule has 0 aliphatic heterocycles. The Bertz CT molecular complexity index is 198. The molecular formula is C9H8CuLi2NO2. The molecule has 2 aromatic heterocycles. The molecule has 0 N–H and O–H groups in total. The zero-order chi connectivity index (χ0) is 9.07. The Morgan fingerprint density at radius 1 is 0.733 bits per heavy atom. The first-order valence-corrected chi connectivity index (χ1v) is 3.17. The smallest absolute Gasteiger partial charge is 0.512 e. The summed E-state index contributed by atoms with van der Waals surface area (Å²) in [6.07, 6.45) is 6.50. The first-order chi connectivity index (χ1) is 6.00. The summed E-state index contributed by atoms with van der Waals surface area (Å²) in [5, 5.41) is 6.25. The maximum atomic E-state index is 6.25. The fourth-order valence-corrected chi connectivity index (χ4v) is 0.454. The van der Waals surface area contributed by atoms with Crippen molar-refractivity contribution in [2.45, 2.75) is 0 Å². The van der Waals surface area contributed by atoms with Crippen LogP contribution in [0.3, 0.4) is 0 Å². The molecule has 2 heterocycles. The molecule has 6 heteroatoms. The summed E-state index contributed by atoms with van der Waals surface area (Å²) in [6.45, 7) is 4.75. The number of nitrogens with zero attached hydrogens (tertiary/aromatic N) is 1. The van der Waals surface area contributed by atoms with Gasteiger partial charge in [0, 0.05) is 35.9 Å². The summed E-state index contributed by atoms with van der Waals surface area (Å²) < 4.78 is 9.17. The van der Waals surface area contributed by atoms with Gasteiger partial charge in [0.25, 0.3) is 0 Å². The summed E-state index contributed by atoms with van der Waals surface area (Å²) in [5.74, 6) is 0. The fourth-order valence-electron chi connectivity index (χ4n) is 0.454. The second kappa shape index (κ2) is 23.5. The van der Waals surface area contributed by atoms with Crippen LogP contribution in [-0.2, 0) is 17.1 Å². The molecule has 0 saturated carbocycles. The van der Waals surface area contributed by atoms with E-state index in [9.17, 15) is 0 Å².